The highest BCUT2D eigenvalue weighted by molar-refractivity contribution is 6.30. The maximum atomic E-state index is 6.07. The van der Waals surface area contributed by atoms with Crippen molar-refractivity contribution in [1.29, 1.82) is 0 Å². The summed E-state index contributed by atoms with van der Waals surface area (Å²) in [7, 11) is 1.68. The Bertz CT molecular complexity index is 574. The van der Waals surface area contributed by atoms with E-state index in [0.29, 0.717) is 10.9 Å². The van der Waals surface area contributed by atoms with Gasteiger partial charge in [0.1, 0.15) is 5.75 Å². The number of nitrogens with one attached hydrogen (secondary N) is 1. The molecule has 0 radical (unpaired) electrons. The smallest absolute Gasteiger partial charge is 0.125 e. The summed E-state index contributed by atoms with van der Waals surface area (Å²) >= 11 is 6.07. The quantitative estimate of drug-likeness (QED) is 0.868. The second-order valence-corrected chi connectivity index (χ2v) is 5.43. The number of hydrogen-bond acceptors (Lipinski definition) is 3. The van der Waals surface area contributed by atoms with Gasteiger partial charge in [0.15, 0.2) is 0 Å². The molecule has 2 aromatic rings. The topological polar surface area (TPSA) is 34.1 Å². The molecule has 0 saturated carbocycles. The van der Waals surface area contributed by atoms with Gasteiger partial charge in [0.2, 0.25) is 0 Å². The molecule has 0 saturated heterocycles. The minimum Gasteiger partial charge on any atom is -0.496 e. The molecule has 1 aromatic carbocycles. The summed E-state index contributed by atoms with van der Waals surface area (Å²) in [5, 5.41) is 4.23. The Morgan fingerprint density at radius 1 is 1.24 bits per heavy atom. The second-order valence-electron chi connectivity index (χ2n) is 4.99. The number of pyridine rings is 1. The van der Waals surface area contributed by atoms with Crippen LogP contribution in [0.5, 0.6) is 5.75 Å². The summed E-state index contributed by atoms with van der Waals surface area (Å²) in [6, 6.07) is 10.1. The van der Waals surface area contributed by atoms with E-state index in [2.05, 4.69) is 36.3 Å². The molecule has 0 spiro atoms. The lowest BCUT2D eigenvalue weighted by Crippen LogP contribution is -2.26. The molecular weight excluding hydrogens is 284 g/mol. The number of methoxy groups -OCH3 is 1. The summed E-state index contributed by atoms with van der Waals surface area (Å²) < 4.78 is 5.50. The van der Waals surface area contributed by atoms with Gasteiger partial charge in [-0.2, -0.15) is 0 Å². The van der Waals surface area contributed by atoms with Crippen molar-refractivity contribution in [3.05, 3.63) is 58.9 Å². The predicted octanol–water partition coefficient (Wildman–Crippen LogP) is 4.20. The van der Waals surface area contributed by atoms with Crippen molar-refractivity contribution in [2.24, 2.45) is 0 Å². The van der Waals surface area contributed by atoms with E-state index >= 15 is 0 Å². The van der Waals surface area contributed by atoms with Crippen LogP contribution < -0.4 is 10.1 Å². The van der Waals surface area contributed by atoms with Crippen LogP contribution in [0.4, 0.5) is 0 Å². The van der Waals surface area contributed by atoms with Crippen LogP contribution in [0.3, 0.4) is 0 Å². The standard InChI is InChI=1S/C17H21ClN2O/c1-4-20-17(12(2)13-7-9-19-10-8-13)15-6-5-14(18)11-16(15)21-3/h5-12,17,20H,4H2,1-3H3. The van der Waals surface area contributed by atoms with E-state index in [1.807, 2.05) is 30.6 Å². The van der Waals surface area contributed by atoms with E-state index in [-0.39, 0.29) is 6.04 Å². The highest BCUT2D eigenvalue weighted by Gasteiger charge is 2.23. The number of ether oxygens (including phenoxy) is 1. The van der Waals surface area contributed by atoms with E-state index in [4.69, 9.17) is 16.3 Å². The zero-order valence-corrected chi connectivity index (χ0v) is 13.4. The van der Waals surface area contributed by atoms with Crippen LogP contribution >= 0.6 is 11.6 Å². The molecule has 1 heterocycles. The van der Waals surface area contributed by atoms with Crippen LogP contribution in [0, 0.1) is 0 Å². The van der Waals surface area contributed by atoms with Crippen LogP contribution in [0.2, 0.25) is 5.02 Å². The molecule has 1 aromatic heterocycles. The van der Waals surface area contributed by atoms with Crippen molar-refractivity contribution in [3.8, 4) is 5.75 Å². The SMILES string of the molecule is CCNC(c1ccc(Cl)cc1OC)C(C)c1ccncc1. The zero-order valence-electron chi connectivity index (χ0n) is 12.6. The lowest BCUT2D eigenvalue weighted by atomic mass is 9.88. The Morgan fingerprint density at radius 2 is 1.95 bits per heavy atom. The van der Waals surface area contributed by atoms with Gasteiger partial charge in [-0.05, 0) is 36.4 Å². The summed E-state index contributed by atoms with van der Waals surface area (Å²) in [6.45, 7) is 5.19. The Kier molecular flexibility index (Phi) is 5.59. The third kappa shape index (κ3) is 3.74. The average Bonchev–Trinajstić information content (AvgIpc) is 2.53. The van der Waals surface area contributed by atoms with Crippen molar-refractivity contribution in [3.63, 3.8) is 0 Å². The molecule has 0 fully saturated rings. The van der Waals surface area contributed by atoms with Crippen LogP contribution in [0.25, 0.3) is 0 Å². The highest BCUT2D eigenvalue weighted by atomic mass is 35.5. The highest BCUT2D eigenvalue weighted by Crippen LogP contribution is 2.36. The molecule has 112 valence electrons. The molecule has 0 bridgehead atoms. The molecule has 0 amide bonds. The number of nitrogens with zero attached hydrogens (tertiary/aromatic N) is 1. The fourth-order valence-electron chi connectivity index (χ4n) is 2.58. The van der Waals surface area contributed by atoms with E-state index in [1.165, 1.54) is 5.56 Å². The second kappa shape index (κ2) is 7.43. The van der Waals surface area contributed by atoms with Gasteiger partial charge in [-0.25, -0.2) is 0 Å². The lowest BCUT2D eigenvalue weighted by molar-refractivity contribution is 0.390. The molecule has 1 N–H and O–H groups in total. The molecule has 0 aliphatic carbocycles. The molecule has 21 heavy (non-hydrogen) atoms. The Morgan fingerprint density at radius 3 is 2.57 bits per heavy atom. The van der Waals surface area contributed by atoms with E-state index in [9.17, 15) is 0 Å². The number of likely N-dealkylation sites (N-methyl/N-ethyl adjacent to an activating group) is 1. The van der Waals surface area contributed by atoms with E-state index < -0.39 is 0 Å². The maximum Gasteiger partial charge on any atom is 0.125 e. The number of aromatic nitrogens is 1. The lowest BCUT2D eigenvalue weighted by Gasteiger charge is -2.27. The summed E-state index contributed by atoms with van der Waals surface area (Å²) in [4.78, 5) is 4.09. The van der Waals surface area contributed by atoms with Crippen molar-refractivity contribution >= 4 is 11.6 Å². The molecule has 2 atom stereocenters. The fraction of sp³-hybridized carbons (Fsp3) is 0.353. The number of hydrogen-bond donors (Lipinski definition) is 1. The normalized spacial score (nSPS) is 13.7. The molecule has 2 unspecified atom stereocenters. The molecule has 0 aliphatic rings. The summed E-state index contributed by atoms with van der Waals surface area (Å²) in [6.07, 6.45) is 3.65. The first-order valence-electron chi connectivity index (χ1n) is 7.14. The third-order valence-corrected chi connectivity index (χ3v) is 3.92. The average molecular weight is 305 g/mol. The van der Waals surface area contributed by atoms with E-state index in [1.54, 1.807) is 7.11 Å². The number of halogens is 1. The van der Waals surface area contributed by atoms with Gasteiger partial charge in [0.25, 0.3) is 0 Å². The zero-order chi connectivity index (χ0) is 15.2. The van der Waals surface area contributed by atoms with Gasteiger partial charge < -0.3 is 10.1 Å². The summed E-state index contributed by atoms with van der Waals surface area (Å²) in [5.74, 6) is 1.11. The van der Waals surface area contributed by atoms with E-state index in [0.717, 1.165) is 17.9 Å². The van der Waals surface area contributed by atoms with Crippen LogP contribution in [-0.2, 0) is 0 Å². The van der Waals surface area contributed by atoms with Gasteiger partial charge in [0.05, 0.1) is 7.11 Å². The third-order valence-electron chi connectivity index (χ3n) is 3.69. The molecule has 3 nitrogen and oxygen atoms in total. The van der Waals surface area contributed by atoms with Crippen molar-refractivity contribution in [2.45, 2.75) is 25.8 Å². The van der Waals surface area contributed by atoms with Crippen LogP contribution in [0.1, 0.15) is 36.9 Å². The van der Waals surface area contributed by atoms with Gasteiger partial charge in [-0.1, -0.05) is 31.5 Å². The first kappa shape index (κ1) is 15.8. The molecular formula is C17H21ClN2O. The minimum atomic E-state index is 0.157. The van der Waals surface area contributed by atoms with Gasteiger partial charge >= 0.3 is 0 Å². The fourth-order valence-corrected chi connectivity index (χ4v) is 2.74. The molecule has 2 rings (SSSR count). The Balaban J connectivity index is 2.39. The van der Waals surface area contributed by atoms with Gasteiger partial charge in [0, 0.05) is 34.9 Å². The predicted molar refractivity (Wildman–Crippen MR) is 87.1 cm³/mol. The first-order valence-corrected chi connectivity index (χ1v) is 7.52. The van der Waals surface area contributed by atoms with Crippen LogP contribution in [-0.4, -0.2) is 18.6 Å². The molecule has 4 heteroatoms. The maximum absolute atomic E-state index is 6.07. The largest absolute Gasteiger partial charge is 0.496 e. The van der Waals surface area contributed by atoms with Crippen molar-refractivity contribution < 1.29 is 4.74 Å². The number of rotatable bonds is 6. The minimum absolute atomic E-state index is 0.157. The molecule has 0 aliphatic heterocycles. The Labute approximate surface area is 131 Å². The van der Waals surface area contributed by atoms with Gasteiger partial charge in [-0.15, -0.1) is 0 Å². The first-order chi connectivity index (χ1) is 10.2. The van der Waals surface area contributed by atoms with Crippen LogP contribution in [0.15, 0.2) is 42.7 Å². The van der Waals surface area contributed by atoms with Gasteiger partial charge in [-0.3, -0.25) is 4.98 Å². The van der Waals surface area contributed by atoms with Crippen molar-refractivity contribution in [1.82, 2.24) is 10.3 Å². The monoisotopic (exact) mass is 304 g/mol. The number of benzene rings is 1. The van der Waals surface area contributed by atoms with Crippen molar-refractivity contribution in [2.75, 3.05) is 13.7 Å². The summed E-state index contributed by atoms with van der Waals surface area (Å²) in [5.41, 5.74) is 2.36. The Hall–Kier alpha value is -1.58.